The Hall–Kier alpha value is -3.47. The van der Waals surface area contributed by atoms with E-state index < -0.39 is 10.0 Å². The van der Waals surface area contributed by atoms with Crippen molar-refractivity contribution in [1.29, 1.82) is 0 Å². The maximum Gasteiger partial charge on any atom is 0.242 e. The predicted octanol–water partition coefficient (Wildman–Crippen LogP) is 4.02. The van der Waals surface area contributed by atoms with Gasteiger partial charge >= 0.3 is 0 Å². The van der Waals surface area contributed by atoms with Gasteiger partial charge in [-0.05, 0) is 42.5 Å². The number of imidazole rings is 1. The van der Waals surface area contributed by atoms with Crippen molar-refractivity contribution >= 4 is 61.0 Å². The Morgan fingerprint density at radius 3 is 2.50 bits per heavy atom. The number of thioether (sulfide) groups is 1. The number of carbonyl (C=O) groups is 1. The number of nitrogens with one attached hydrogen (secondary N) is 1. The number of benzene rings is 3. The van der Waals surface area contributed by atoms with Crippen LogP contribution in [-0.2, 0) is 14.8 Å². The number of aromatic nitrogens is 3. The summed E-state index contributed by atoms with van der Waals surface area (Å²) in [5, 5.41) is 4.38. The van der Waals surface area contributed by atoms with E-state index in [-0.39, 0.29) is 16.6 Å². The van der Waals surface area contributed by atoms with Crippen LogP contribution in [0.4, 0.5) is 5.69 Å². The predicted molar refractivity (Wildman–Crippen MR) is 135 cm³/mol. The first-order valence-corrected chi connectivity index (χ1v) is 12.9. The molecular weight excluding hydrogens is 470 g/mol. The van der Waals surface area contributed by atoms with E-state index in [2.05, 4.69) is 5.32 Å². The second kappa shape index (κ2) is 8.71. The molecule has 5 aromatic rings. The number of para-hydroxylation sites is 3. The number of carbonyl (C=O) groups excluding carboxylic acids is 1. The molecule has 0 saturated carbocycles. The Kier molecular flexibility index (Phi) is 5.72. The molecule has 0 spiro atoms. The van der Waals surface area contributed by atoms with Gasteiger partial charge in [-0.25, -0.2) is 22.7 Å². The minimum Gasteiger partial charge on any atom is -0.325 e. The van der Waals surface area contributed by atoms with E-state index in [1.54, 1.807) is 12.1 Å². The molecule has 8 nitrogen and oxygen atoms in total. The lowest BCUT2D eigenvalue weighted by Gasteiger charge is -2.13. The van der Waals surface area contributed by atoms with Crippen LogP contribution in [0.3, 0.4) is 0 Å². The molecule has 3 aromatic carbocycles. The molecule has 0 aliphatic carbocycles. The molecule has 34 heavy (non-hydrogen) atoms. The zero-order valence-corrected chi connectivity index (χ0v) is 20.1. The monoisotopic (exact) mass is 491 g/mol. The number of anilines is 1. The summed E-state index contributed by atoms with van der Waals surface area (Å²) < 4.78 is 27.9. The summed E-state index contributed by atoms with van der Waals surface area (Å²) in [5.41, 5.74) is 3.77. The van der Waals surface area contributed by atoms with Crippen molar-refractivity contribution in [3.05, 3.63) is 72.8 Å². The highest BCUT2D eigenvalue weighted by Crippen LogP contribution is 2.29. The van der Waals surface area contributed by atoms with Crippen molar-refractivity contribution < 1.29 is 13.2 Å². The number of rotatable bonds is 6. The molecule has 0 fully saturated rings. The van der Waals surface area contributed by atoms with E-state index >= 15 is 0 Å². The average Bonchev–Trinajstić information content (AvgIpc) is 3.23. The number of amides is 1. The van der Waals surface area contributed by atoms with Crippen LogP contribution in [0.15, 0.2) is 82.8 Å². The third-order valence-corrected chi connectivity index (χ3v) is 8.09. The SMILES string of the molecule is CN(C)S(=O)(=O)c1cccc(NC(=O)CSc2nc3ccccc3c3nc4ccccc4n23)c1. The second-order valence-electron chi connectivity index (χ2n) is 7.82. The Balaban J connectivity index is 1.44. The number of hydrogen-bond donors (Lipinski definition) is 1. The molecule has 0 saturated heterocycles. The summed E-state index contributed by atoms with van der Waals surface area (Å²) >= 11 is 1.30. The number of fused-ring (bicyclic) bond motifs is 5. The van der Waals surface area contributed by atoms with Crippen molar-refractivity contribution in [3.8, 4) is 0 Å². The first kappa shape index (κ1) is 22.3. The summed E-state index contributed by atoms with van der Waals surface area (Å²) in [5.74, 6) is -0.172. The van der Waals surface area contributed by atoms with Gasteiger partial charge in [0.2, 0.25) is 15.9 Å². The molecule has 172 valence electrons. The fourth-order valence-corrected chi connectivity index (χ4v) is 5.44. The summed E-state index contributed by atoms with van der Waals surface area (Å²) in [4.78, 5) is 22.4. The quantitative estimate of drug-likeness (QED) is 0.285. The maximum atomic E-state index is 12.7. The van der Waals surface area contributed by atoms with Gasteiger partial charge in [0.25, 0.3) is 0 Å². The van der Waals surface area contributed by atoms with E-state index in [4.69, 9.17) is 9.97 Å². The average molecular weight is 492 g/mol. The van der Waals surface area contributed by atoms with Gasteiger partial charge in [-0.2, -0.15) is 0 Å². The van der Waals surface area contributed by atoms with Gasteiger partial charge in [-0.3, -0.25) is 9.20 Å². The van der Waals surface area contributed by atoms with Gasteiger partial charge < -0.3 is 5.32 Å². The fourth-order valence-electron chi connectivity index (χ4n) is 3.68. The third-order valence-electron chi connectivity index (χ3n) is 5.34. The Morgan fingerprint density at radius 2 is 1.71 bits per heavy atom. The highest BCUT2D eigenvalue weighted by atomic mass is 32.2. The first-order chi connectivity index (χ1) is 16.3. The number of sulfonamides is 1. The van der Waals surface area contributed by atoms with Crippen LogP contribution in [-0.4, -0.2) is 52.8 Å². The lowest BCUT2D eigenvalue weighted by atomic mass is 10.2. The highest BCUT2D eigenvalue weighted by Gasteiger charge is 2.18. The minimum atomic E-state index is -3.59. The van der Waals surface area contributed by atoms with E-state index in [0.29, 0.717) is 10.8 Å². The molecule has 0 bridgehead atoms. The van der Waals surface area contributed by atoms with Crippen molar-refractivity contribution in [2.45, 2.75) is 10.1 Å². The van der Waals surface area contributed by atoms with Crippen LogP contribution in [0.2, 0.25) is 0 Å². The third kappa shape index (κ3) is 4.00. The minimum absolute atomic E-state index is 0.0948. The molecular formula is C24H21N5O3S2. The van der Waals surface area contributed by atoms with Gasteiger partial charge in [0.1, 0.15) is 5.65 Å². The molecule has 2 aromatic heterocycles. The summed E-state index contributed by atoms with van der Waals surface area (Å²) in [6.45, 7) is 0. The molecule has 0 radical (unpaired) electrons. The second-order valence-corrected chi connectivity index (χ2v) is 10.9. The van der Waals surface area contributed by atoms with Crippen LogP contribution in [0.1, 0.15) is 0 Å². The molecule has 0 aliphatic heterocycles. The molecule has 0 atom stereocenters. The fraction of sp³-hybridized carbons (Fsp3) is 0.125. The van der Waals surface area contributed by atoms with E-state index in [1.165, 1.54) is 38.0 Å². The largest absolute Gasteiger partial charge is 0.325 e. The molecule has 5 rings (SSSR count). The molecule has 2 heterocycles. The normalized spacial score (nSPS) is 12.1. The van der Waals surface area contributed by atoms with Crippen molar-refractivity contribution in [2.24, 2.45) is 0 Å². The Bertz CT molecular complexity index is 1660. The summed E-state index contributed by atoms with van der Waals surface area (Å²) in [7, 11) is -0.660. The van der Waals surface area contributed by atoms with Crippen molar-refractivity contribution in [2.75, 3.05) is 25.2 Å². The molecule has 0 unspecified atom stereocenters. The van der Waals surface area contributed by atoms with Gasteiger partial charge in [0.05, 0.1) is 27.2 Å². The van der Waals surface area contributed by atoms with E-state index in [1.807, 2.05) is 52.9 Å². The van der Waals surface area contributed by atoms with E-state index in [9.17, 15) is 13.2 Å². The Morgan fingerprint density at radius 1 is 0.971 bits per heavy atom. The molecule has 1 N–H and O–H groups in total. The smallest absolute Gasteiger partial charge is 0.242 e. The van der Waals surface area contributed by atoms with Crippen LogP contribution < -0.4 is 5.32 Å². The number of nitrogens with zero attached hydrogens (tertiary/aromatic N) is 4. The highest BCUT2D eigenvalue weighted by molar-refractivity contribution is 7.99. The Labute approximate surface area is 200 Å². The van der Waals surface area contributed by atoms with Gasteiger partial charge in [0, 0.05) is 25.2 Å². The lowest BCUT2D eigenvalue weighted by molar-refractivity contribution is -0.113. The maximum absolute atomic E-state index is 12.7. The first-order valence-electron chi connectivity index (χ1n) is 10.5. The van der Waals surface area contributed by atoms with Crippen molar-refractivity contribution in [3.63, 3.8) is 0 Å². The number of hydrogen-bond acceptors (Lipinski definition) is 6. The summed E-state index contributed by atoms with van der Waals surface area (Å²) in [6.07, 6.45) is 0. The zero-order valence-electron chi connectivity index (χ0n) is 18.5. The topological polar surface area (TPSA) is 96.7 Å². The zero-order chi connectivity index (χ0) is 23.9. The van der Waals surface area contributed by atoms with Crippen molar-refractivity contribution in [1.82, 2.24) is 18.7 Å². The molecule has 1 amide bonds. The van der Waals surface area contributed by atoms with Gasteiger partial charge in [0.15, 0.2) is 5.16 Å². The van der Waals surface area contributed by atoms with Crippen LogP contribution in [0, 0.1) is 0 Å². The molecule has 0 aliphatic rings. The van der Waals surface area contributed by atoms with E-state index in [0.717, 1.165) is 31.9 Å². The summed E-state index contributed by atoms with van der Waals surface area (Å²) in [6, 6.07) is 21.8. The standard InChI is InChI=1S/C24H21N5O3S2/c1-28(2)34(31,32)17-9-7-8-16(14-17)25-22(30)15-33-24-27-19-11-4-3-10-18(19)23-26-20-12-5-6-13-21(20)29(23)24/h3-14H,15H2,1-2H3,(H,25,30). The van der Waals surface area contributed by atoms with Crippen LogP contribution in [0.25, 0.3) is 27.6 Å². The lowest BCUT2D eigenvalue weighted by Crippen LogP contribution is -2.22. The molecule has 10 heteroatoms. The van der Waals surface area contributed by atoms with Crippen LogP contribution in [0.5, 0.6) is 0 Å². The van der Waals surface area contributed by atoms with Crippen LogP contribution >= 0.6 is 11.8 Å². The van der Waals surface area contributed by atoms with Gasteiger partial charge in [-0.1, -0.05) is 42.1 Å². The van der Waals surface area contributed by atoms with Gasteiger partial charge in [-0.15, -0.1) is 0 Å².